The topological polar surface area (TPSA) is 0 Å². The Bertz CT molecular complexity index is 554. The zero-order valence-corrected chi connectivity index (χ0v) is 13.0. The van der Waals surface area contributed by atoms with E-state index in [4.69, 9.17) is 11.6 Å². The summed E-state index contributed by atoms with van der Waals surface area (Å²) in [7, 11) is 0. The maximum atomic E-state index is 6.56. The summed E-state index contributed by atoms with van der Waals surface area (Å²) in [5.74, 6) is 0. The fourth-order valence-corrected chi connectivity index (χ4v) is 3.67. The molecule has 0 aliphatic carbocycles. The molecular formula is C16H19ClS. The van der Waals surface area contributed by atoms with Gasteiger partial charge >= 0.3 is 0 Å². The van der Waals surface area contributed by atoms with Crippen molar-refractivity contribution in [3.05, 3.63) is 56.3 Å². The molecule has 0 saturated heterocycles. The van der Waals surface area contributed by atoms with Crippen LogP contribution in [-0.4, -0.2) is 0 Å². The van der Waals surface area contributed by atoms with Crippen LogP contribution in [0.1, 0.15) is 37.4 Å². The van der Waals surface area contributed by atoms with Gasteiger partial charge in [0.2, 0.25) is 0 Å². The molecule has 0 aliphatic heterocycles. The first-order valence-corrected chi connectivity index (χ1v) is 7.50. The van der Waals surface area contributed by atoms with E-state index in [-0.39, 0.29) is 5.38 Å². The number of alkyl halides is 1. The maximum Gasteiger partial charge on any atom is 0.0636 e. The fourth-order valence-electron chi connectivity index (χ4n) is 2.21. The number of thiophene rings is 1. The molecule has 1 atom stereocenters. The molecule has 2 rings (SSSR count). The van der Waals surface area contributed by atoms with Crippen molar-refractivity contribution in [3.63, 3.8) is 0 Å². The van der Waals surface area contributed by atoms with Gasteiger partial charge in [0.15, 0.2) is 0 Å². The van der Waals surface area contributed by atoms with Crippen LogP contribution in [0.3, 0.4) is 0 Å². The van der Waals surface area contributed by atoms with Crippen molar-refractivity contribution in [1.29, 1.82) is 0 Å². The second kappa shape index (κ2) is 5.46. The van der Waals surface area contributed by atoms with Crippen LogP contribution in [-0.2, 0) is 6.42 Å². The third-order valence-corrected chi connectivity index (χ3v) is 4.77. The Morgan fingerprint density at radius 1 is 1.06 bits per heavy atom. The highest BCUT2D eigenvalue weighted by atomic mass is 35.5. The van der Waals surface area contributed by atoms with Crippen LogP contribution < -0.4 is 0 Å². The molecule has 0 nitrogen and oxygen atoms in total. The smallest absolute Gasteiger partial charge is 0.0636 e. The monoisotopic (exact) mass is 278 g/mol. The van der Waals surface area contributed by atoms with E-state index < -0.39 is 0 Å². The molecule has 1 aromatic heterocycles. The van der Waals surface area contributed by atoms with Crippen LogP contribution in [0.2, 0.25) is 0 Å². The minimum Gasteiger partial charge on any atom is -0.146 e. The van der Waals surface area contributed by atoms with Crippen molar-refractivity contribution in [2.24, 2.45) is 0 Å². The Kier molecular flexibility index (Phi) is 4.14. The number of aryl methyl sites for hydroxylation is 4. The average molecular weight is 279 g/mol. The summed E-state index contributed by atoms with van der Waals surface area (Å²) < 4.78 is 0. The zero-order chi connectivity index (χ0) is 13.3. The first-order valence-electron chi connectivity index (χ1n) is 6.24. The Balaban J connectivity index is 2.18. The molecule has 96 valence electrons. The number of benzene rings is 1. The van der Waals surface area contributed by atoms with Crippen molar-refractivity contribution in [2.75, 3.05) is 0 Å². The summed E-state index contributed by atoms with van der Waals surface area (Å²) in [4.78, 5) is 2.68. The maximum absolute atomic E-state index is 6.56. The molecule has 2 aromatic rings. The van der Waals surface area contributed by atoms with Gasteiger partial charge in [-0.3, -0.25) is 0 Å². The molecule has 0 aliphatic rings. The second-order valence-electron chi connectivity index (χ2n) is 4.96. The molecule has 0 fully saturated rings. The van der Waals surface area contributed by atoms with E-state index in [1.165, 1.54) is 32.0 Å². The molecule has 18 heavy (non-hydrogen) atoms. The van der Waals surface area contributed by atoms with Crippen LogP contribution in [0.25, 0.3) is 0 Å². The van der Waals surface area contributed by atoms with E-state index in [2.05, 4.69) is 52.0 Å². The van der Waals surface area contributed by atoms with Crippen LogP contribution >= 0.6 is 22.9 Å². The van der Waals surface area contributed by atoms with Gasteiger partial charge in [-0.15, -0.1) is 22.9 Å². The molecule has 1 unspecified atom stereocenters. The summed E-state index contributed by atoms with van der Waals surface area (Å²) in [6.07, 6.45) is 0.902. The van der Waals surface area contributed by atoms with E-state index in [1.807, 2.05) is 11.3 Å². The van der Waals surface area contributed by atoms with E-state index >= 15 is 0 Å². The van der Waals surface area contributed by atoms with E-state index in [1.54, 1.807) is 0 Å². The summed E-state index contributed by atoms with van der Waals surface area (Å²) in [6.45, 7) is 8.59. The predicted octanol–water partition coefficient (Wildman–Crippen LogP) is 5.50. The zero-order valence-electron chi connectivity index (χ0n) is 11.4. The molecule has 0 saturated carbocycles. The minimum atomic E-state index is 0.0806. The molecule has 0 radical (unpaired) electrons. The summed E-state index contributed by atoms with van der Waals surface area (Å²) in [5.41, 5.74) is 5.29. The average Bonchev–Trinajstić information content (AvgIpc) is 2.63. The lowest BCUT2D eigenvalue weighted by Crippen LogP contribution is -1.97. The molecule has 1 aromatic carbocycles. The fraction of sp³-hybridized carbons (Fsp3) is 0.375. The highest BCUT2D eigenvalue weighted by molar-refractivity contribution is 7.12. The Hall–Kier alpha value is -0.790. The summed E-state index contributed by atoms with van der Waals surface area (Å²) >= 11 is 8.39. The Labute approximate surface area is 119 Å². The molecule has 0 N–H and O–H groups in total. The van der Waals surface area contributed by atoms with Gasteiger partial charge in [0.05, 0.1) is 5.38 Å². The predicted molar refractivity (Wildman–Crippen MR) is 82.0 cm³/mol. The first-order chi connectivity index (χ1) is 8.47. The number of rotatable bonds is 3. The van der Waals surface area contributed by atoms with Gasteiger partial charge in [-0.25, -0.2) is 0 Å². The van der Waals surface area contributed by atoms with Gasteiger partial charge in [-0.05, 0) is 62.4 Å². The first kappa shape index (κ1) is 13.6. The van der Waals surface area contributed by atoms with E-state index in [9.17, 15) is 0 Å². The number of halogens is 1. The van der Waals surface area contributed by atoms with Gasteiger partial charge in [0.1, 0.15) is 0 Å². The third-order valence-electron chi connectivity index (χ3n) is 3.40. The molecule has 2 heteroatoms. The van der Waals surface area contributed by atoms with Crippen LogP contribution in [0, 0.1) is 27.7 Å². The number of hydrogen-bond acceptors (Lipinski definition) is 1. The van der Waals surface area contributed by atoms with Gasteiger partial charge < -0.3 is 0 Å². The van der Waals surface area contributed by atoms with Gasteiger partial charge in [-0.2, -0.15) is 0 Å². The normalized spacial score (nSPS) is 12.7. The van der Waals surface area contributed by atoms with Crippen molar-refractivity contribution in [1.82, 2.24) is 0 Å². The van der Waals surface area contributed by atoms with Gasteiger partial charge in [0, 0.05) is 9.75 Å². The SMILES string of the molecule is Cc1cc(C(Cl)Cc2ccc(C)c(C)c2)c(C)s1. The summed E-state index contributed by atoms with van der Waals surface area (Å²) in [6, 6.07) is 8.84. The van der Waals surface area contributed by atoms with Crippen LogP contribution in [0.4, 0.5) is 0 Å². The van der Waals surface area contributed by atoms with Crippen LogP contribution in [0.15, 0.2) is 24.3 Å². The van der Waals surface area contributed by atoms with Gasteiger partial charge in [-0.1, -0.05) is 18.2 Å². The number of hydrogen-bond donors (Lipinski definition) is 0. The standard InChI is InChI=1S/C16H19ClS/c1-10-5-6-14(7-11(10)2)9-16(17)15-8-12(3)18-13(15)4/h5-8,16H,9H2,1-4H3. The molecule has 0 spiro atoms. The van der Waals surface area contributed by atoms with Gasteiger partial charge in [0.25, 0.3) is 0 Å². The summed E-state index contributed by atoms with van der Waals surface area (Å²) in [5, 5.41) is 0.0806. The largest absolute Gasteiger partial charge is 0.146 e. The lowest BCUT2D eigenvalue weighted by molar-refractivity contribution is 0.914. The lowest BCUT2D eigenvalue weighted by atomic mass is 10.0. The highest BCUT2D eigenvalue weighted by Gasteiger charge is 2.14. The second-order valence-corrected chi connectivity index (χ2v) is 6.95. The van der Waals surface area contributed by atoms with Crippen molar-refractivity contribution in [2.45, 2.75) is 39.5 Å². The molecule has 0 bridgehead atoms. The lowest BCUT2D eigenvalue weighted by Gasteiger charge is -2.11. The molecular weight excluding hydrogens is 260 g/mol. The van der Waals surface area contributed by atoms with E-state index in [0.717, 1.165) is 6.42 Å². The third kappa shape index (κ3) is 2.96. The van der Waals surface area contributed by atoms with Crippen molar-refractivity contribution in [3.8, 4) is 0 Å². The quantitative estimate of drug-likeness (QED) is 0.650. The Morgan fingerprint density at radius 2 is 1.78 bits per heavy atom. The van der Waals surface area contributed by atoms with Crippen molar-refractivity contribution >= 4 is 22.9 Å². The van der Waals surface area contributed by atoms with Crippen molar-refractivity contribution < 1.29 is 0 Å². The highest BCUT2D eigenvalue weighted by Crippen LogP contribution is 2.32. The minimum absolute atomic E-state index is 0.0806. The molecule has 0 amide bonds. The van der Waals surface area contributed by atoms with E-state index in [0.29, 0.717) is 0 Å². The molecule has 1 heterocycles. The Morgan fingerprint density at radius 3 is 2.33 bits per heavy atom. The van der Waals surface area contributed by atoms with Crippen LogP contribution in [0.5, 0.6) is 0 Å².